The second-order valence-corrected chi connectivity index (χ2v) is 5.09. The van der Waals surface area contributed by atoms with Gasteiger partial charge in [-0.25, -0.2) is 0 Å². The molecule has 0 heterocycles. The molecule has 124 valence electrons. The van der Waals surface area contributed by atoms with Gasteiger partial charge in [0.15, 0.2) is 0 Å². The summed E-state index contributed by atoms with van der Waals surface area (Å²) in [6.07, 6.45) is 0. The summed E-state index contributed by atoms with van der Waals surface area (Å²) in [5.41, 5.74) is 1.50. The number of hydrogen-bond donors (Lipinski definition) is 3. The molecule has 0 saturated heterocycles. The Bertz CT molecular complexity index is 754. The van der Waals surface area contributed by atoms with Gasteiger partial charge >= 0.3 is 11.8 Å². The Morgan fingerprint density at radius 3 is 1.88 bits per heavy atom. The lowest BCUT2D eigenvalue weighted by atomic mass is 10.2. The fraction of sp³-hybridized carbons (Fsp3) is 0.118. The van der Waals surface area contributed by atoms with Crippen LogP contribution in [0.3, 0.4) is 0 Å². The van der Waals surface area contributed by atoms with Crippen LogP contribution in [-0.4, -0.2) is 29.9 Å². The smallest absolute Gasteiger partial charge is 0.316 e. The van der Waals surface area contributed by atoms with Crippen molar-refractivity contribution in [2.24, 2.45) is 0 Å². The highest BCUT2D eigenvalue weighted by Crippen LogP contribution is 2.18. The molecule has 24 heavy (non-hydrogen) atoms. The Labute approximate surface area is 138 Å². The van der Waals surface area contributed by atoms with Crippen LogP contribution in [0.4, 0.5) is 17.1 Å². The minimum Gasteiger partial charge on any atom is -0.508 e. The number of nitrogens with one attached hydrogen (secondary N) is 2. The van der Waals surface area contributed by atoms with Crippen molar-refractivity contribution >= 4 is 34.8 Å². The van der Waals surface area contributed by atoms with Crippen LogP contribution in [0.2, 0.25) is 0 Å². The summed E-state index contributed by atoms with van der Waals surface area (Å²) in [5.74, 6) is -1.66. The van der Waals surface area contributed by atoms with E-state index >= 15 is 0 Å². The normalized spacial score (nSPS) is 9.92. The molecule has 0 radical (unpaired) electrons. The van der Waals surface area contributed by atoms with E-state index in [4.69, 9.17) is 0 Å². The van der Waals surface area contributed by atoms with E-state index < -0.39 is 11.8 Å². The molecule has 0 aliphatic carbocycles. The van der Waals surface area contributed by atoms with Gasteiger partial charge in [0.05, 0.1) is 0 Å². The first-order valence-corrected chi connectivity index (χ1v) is 7.12. The van der Waals surface area contributed by atoms with Crippen LogP contribution in [0.1, 0.15) is 6.92 Å². The highest BCUT2D eigenvalue weighted by molar-refractivity contribution is 6.44. The van der Waals surface area contributed by atoms with Gasteiger partial charge in [0, 0.05) is 31.0 Å². The predicted molar refractivity (Wildman–Crippen MR) is 90.9 cm³/mol. The molecule has 2 aromatic carbocycles. The van der Waals surface area contributed by atoms with Crippen molar-refractivity contribution in [1.29, 1.82) is 0 Å². The number of rotatable bonds is 3. The van der Waals surface area contributed by atoms with E-state index in [1.54, 1.807) is 24.3 Å². The summed E-state index contributed by atoms with van der Waals surface area (Å²) in [7, 11) is 1.47. The number of aromatic hydroxyl groups is 1. The number of hydrogen-bond acceptors (Lipinski definition) is 4. The van der Waals surface area contributed by atoms with Crippen molar-refractivity contribution in [3.05, 3.63) is 48.5 Å². The molecular weight excluding hydrogens is 310 g/mol. The molecule has 7 heteroatoms. The second kappa shape index (κ2) is 7.28. The van der Waals surface area contributed by atoms with Crippen molar-refractivity contribution in [3.63, 3.8) is 0 Å². The van der Waals surface area contributed by atoms with Crippen LogP contribution in [0, 0.1) is 0 Å². The molecule has 0 spiro atoms. The van der Waals surface area contributed by atoms with E-state index in [1.165, 1.54) is 43.1 Å². The Hall–Kier alpha value is -3.35. The van der Waals surface area contributed by atoms with Gasteiger partial charge in [-0.1, -0.05) is 0 Å². The minimum absolute atomic E-state index is 0.0725. The lowest BCUT2D eigenvalue weighted by Crippen LogP contribution is -2.37. The Morgan fingerprint density at radius 2 is 1.38 bits per heavy atom. The maximum Gasteiger partial charge on any atom is 0.316 e. The molecule has 3 amide bonds. The molecule has 2 rings (SSSR count). The van der Waals surface area contributed by atoms with Gasteiger partial charge < -0.3 is 20.6 Å². The van der Waals surface area contributed by atoms with Crippen molar-refractivity contribution < 1.29 is 19.5 Å². The highest BCUT2D eigenvalue weighted by Gasteiger charge is 2.20. The van der Waals surface area contributed by atoms with Crippen molar-refractivity contribution in [1.82, 2.24) is 0 Å². The monoisotopic (exact) mass is 327 g/mol. The average Bonchev–Trinajstić information content (AvgIpc) is 2.55. The van der Waals surface area contributed by atoms with E-state index in [0.717, 1.165) is 0 Å². The van der Waals surface area contributed by atoms with Crippen LogP contribution >= 0.6 is 0 Å². The number of likely N-dealkylation sites (N-methyl/N-ethyl adjacent to an activating group) is 1. The third-order valence-electron chi connectivity index (χ3n) is 3.20. The van der Waals surface area contributed by atoms with Gasteiger partial charge in [0.1, 0.15) is 5.75 Å². The third-order valence-corrected chi connectivity index (χ3v) is 3.20. The zero-order valence-corrected chi connectivity index (χ0v) is 13.2. The maximum atomic E-state index is 12.1. The van der Waals surface area contributed by atoms with E-state index in [-0.39, 0.29) is 11.7 Å². The molecule has 0 aliphatic rings. The van der Waals surface area contributed by atoms with Crippen molar-refractivity contribution in [2.45, 2.75) is 6.92 Å². The van der Waals surface area contributed by atoms with Gasteiger partial charge in [0.25, 0.3) is 0 Å². The first-order valence-electron chi connectivity index (χ1n) is 7.12. The number of carbonyl (C=O) groups excluding carboxylic acids is 3. The lowest BCUT2D eigenvalue weighted by molar-refractivity contribution is -0.134. The quantitative estimate of drug-likeness (QED) is 0.750. The number of nitrogens with zero attached hydrogens (tertiary/aromatic N) is 1. The van der Waals surface area contributed by atoms with Crippen LogP contribution in [0.25, 0.3) is 0 Å². The fourth-order valence-electron chi connectivity index (χ4n) is 1.97. The molecule has 0 fully saturated rings. The fourth-order valence-corrected chi connectivity index (χ4v) is 1.97. The summed E-state index contributed by atoms with van der Waals surface area (Å²) in [5, 5.41) is 14.3. The largest absolute Gasteiger partial charge is 0.508 e. The van der Waals surface area contributed by atoms with Gasteiger partial charge in [-0.3, -0.25) is 14.4 Å². The summed E-state index contributed by atoms with van der Waals surface area (Å²) >= 11 is 0. The third kappa shape index (κ3) is 4.33. The van der Waals surface area contributed by atoms with Crippen molar-refractivity contribution in [2.75, 3.05) is 22.6 Å². The average molecular weight is 327 g/mol. The van der Waals surface area contributed by atoms with E-state index in [1.807, 2.05) is 0 Å². The zero-order chi connectivity index (χ0) is 17.7. The molecule has 7 nitrogen and oxygen atoms in total. The lowest BCUT2D eigenvalue weighted by Gasteiger charge is -2.17. The SMILES string of the molecule is CC(=O)Nc1ccc(NC(=O)C(=O)N(C)c2ccc(O)cc2)cc1. The van der Waals surface area contributed by atoms with Crippen LogP contribution in [0.5, 0.6) is 5.75 Å². The number of phenols is 1. The Balaban J connectivity index is 2.01. The Morgan fingerprint density at radius 1 is 0.875 bits per heavy atom. The highest BCUT2D eigenvalue weighted by atomic mass is 16.3. The molecule has 2 aromatic rings. The van der Waals surface area contributed by atoms with Gasteiger partial charge in [0.2, 0.25) is 5.91 Å². The van der Waals surface area contributed by atoms with Crippen LogP contribution < -0.4 is 15.5 Å². The number of anilines is 3. The molecule has 0 atom stereocenters. The van der Waals surface area contributed by atoms with Crippen molar-refractivity contribution in [3.8, 4) is 5.75 Å². The maximum absolute atomic E-state index is 12.1. The first-order chi connectivity index (χ1) is 11.4. The standard InChI is InChI=1S/C17H17N3O4/c1-11(21)18-12-3-5-13(6-4-12)19-16(23)17(24)20(2)14-7-9-15(22)10-8-14/h3-10,22H,1-2H3,(H,18,21)(H,19,23). The van der Waals surface area contributed by atoms with Gasteiger partial charge in [-0.15, -0.1) is 0 Å². The molecule has 0 saturated carbocycles. The number of carbonyl (C=O) groups is 3. The molecule has 0 aromatic heterocycles. The summed E-state index contributed by atoms with van der Waals surface area (Å²) in [6, 6.07) is 12.3. The van der Waals surface area contributed by atoms with Gasteiger partial charge in [-0.2, -0.15) is 0 Å². The van der Waals surface area contributed by atoms with Gasteiger partial charge in [-0.05, 0) is 48.5 Å². The number of phenolic OH excluding ortho intramolecular Hbond substituents is 1. The van der Waals surface area contributed by atoms with E-state index in [9.17, 15) is 19.5 Å². The molecule has 0 bridgehead atoms. The number of amides is 3. The minimum atomic E-state index is -0.794. The summed E-state index contributed by atoms with van der Waals surface area (Å²) in [6.45, 7) is 1.40. The van der Waals surface area contributed by atoms with E-state index in [2.05, 4.69) is 10.6 Å². The molecule has 3 N–H and O–H groups in total. The topological polar surface area (TPSA) is 98.7 Å². The van der Waals surface area contributed by atoms with Crippen LogP contribution in [0.15, 0.2) is 48.5 Å². The van der Waals surface area contributed by atoms with Crippen LogP contribution in [-0.2, 0) is 14.4 Å². The molecule has 0 unspecified atom stereocenters. The Kier molecular flexibility index (Phi) is 5.16. The molecular formula is C17H17N3O4. The predicted octanol–water partition coefficient (Wildman–Crippen LogP) is 1.95. The summed E-state index contributed by atoms with van der Waals surface area (Å²) < 4.78 is 0. The zero-order valence-electron chi connectivity index (χ0n) is 13.2. The number of benzene rings is 2. The van der Waals surface area contributed by atoms with E-state index in [0.29, 0.717) is 17.1 Å². The summed E-state index contributed by atoms with van der Waals surface area (Å²) in [4.78, 5) is 36.3. The second-order valence-electron chi connectivity index (χ2n) is 5.09. The first kappa shape index (κ1) is 17.0. The molecule has 0 aliphatic heterocycles.